The number of aryl methyl sites for hydroxylation is 1. The van der Waals surface area contributed by atoms with Crippen LogP contribution in [0.4, 0.5) is 5.82 Å². The first-order chi connectivity index (χ1) is 7.69. The Balaban J connectivity index is 2.63. The SMILES string of the molecule is Cc1cc(N)nn1C[C@@H](C)C(=O)OC(C)(C)C. The summed E-state index contributed by atoms with van der Waals surface area (Å²) in [4.78, 5) is 11.8. The van der Waals surface area contributed by atoms with E-state index in [0.717, 1.165) is 5.69 Å². The normalized spacial score (nSPS) is 13.5. The molecule has 0 bridgehead atoms. The van der Waals surface area contributed by atoms with Crippen molar-refractivity contribution in [3.05, 3.63) is 11.8 Å². The van der Waals surface area contributed by atoms with Crippen molar-refractivity contribution in [2.75, 3.05) is 5.73 Å². The highest BCUT2D eigenvalue weighted by Gasteiger charge is 2.22. The van der Waals surface area contributed by atoms with Crippen molar-refractivity contribution in [3.8, 4) is 0 Å². The lowest BCUT2D eigenvalue weighted by atomic mass is 10.1. The molecular weight excluding hydrogens is 218 g/mol. The highest BCUT2D eigenvalue weighted by atomic mass is 16.6. The summed E-state index contributed by atoms with van der Waals surface area (Å²) in [6.07, 6.45) is 0. The van der Waals surface area contributed by atoms with Crippen molar-refractivity contribution in [1.29, 1.82) is 0 Å². The van der Waals surface area contributed by atoms with Crippen LogP contribution in [0.25, 0.3) is 0 Å². The van der Waals surface area contributed by atoms with Crippen LogP contribution in [0.1, 0.15) is 33.4 Å². The van der Waals surface area contributed by atoms with Crippen molar-refractivity contribution in [1.82, 2.24) is 9.78 Å². The van der Waals surface area contributed by atoms with Gasteiger partial charge in [0, 0.05) is 11.8 Å². The zero-order valence-corrected chi connectivity index (χ0v) is 11.2. The van der Waals surface area contributed by atoms with E-state index in [0.29, 0.717) is 12.4 Å². The molecule has 1 heterocycles. The van der Waals surface area contributed by atoms with Crippen molar-refractivity contribution >= 4 is 11.8 Å². The highest BCUT2D eigenvalue weighted by molar-refractivity contribution is 5.72. The number of rotatable bonds is 3. The number of nitrogen functional groups attached to an aromatic ring is 1. The predicted molar refractivity (Wildman–Crippen MR) is 66.4 cm³/mol. The van der Waals surface area contributed by atoms with E-state index in [4.69, 9.17) is 10.5 Å². The number of hydrogen-bond donors (Lipinski definition) is 1. The molecule has 0 saturated carbocycles. The zero-order valence-electron chi connectivity index (χ0n) is 11.2. The summed E-state index contributed by atoms with van der Waals surface area (Å²) in [5.74, 6) is 0.0112. The molecule has 0 spiro atoms. The van der Waals surface area contributed by atoms with Gasteiger partial charge in [-0.15, -0.1) is 0 Å². The molecule has 1 aromatic heterocycles. The first-order valence-electron chi connectivity index (χ1n) is 5.72. The first-order valence-corrected chi connectivity index (χ1v) is 5.72. The molecule has 1 rings (SSSR count). The summed E-state index contributed by atoms with van der Waals surface area (Å²) in [7, 11) is 0. The number of carbonyl (C=O) groups is 1. The molecule has 2 N–H and O–H groups in total. The number of anilines is 1. The van der Waals surface area contributed by atoms with Crippen LogP contribution in [0.15, 0.2) is 6.07 Å². The van der Waals surface area contributed by atoms with E-state index in [1.807, 2.05) is 34.6 Å². The molecule has 0 amide bonds. The number of aromatic nitrogens is 2. The fourth-order valence-electron chi connectivity index (χ4n) is 1.46. The third-order valence-corrected chi connectivity index (χ3v) is 2.26. The lowest BCUT2D eigenvalue weighted by Crippen LogP contribution is -2.29. The van der Waals surface area contributed by atoms with E-state index in [9.17, 15) is 4.79 Å². The highest BCUT2D eigenvalue weighted by Crippen LogP contribution is 2.14. The van der Waals surface area contributed by atoms with Crippen molar-refractivity contribution in [2.45, 2.75) is 46.8 Å². The van der Waals surface area contributed by atoms with Crippen molar-refractivity contribution in [2.24, 2.45) is 5.92 Å². The number of esters is 1. The molecule has 5 heteroatoms. The molecule has 0 aromatic carbocycles. The summed E-state index contributed by atoms with van der Waals surface area (Å²) in [6, 6.07) is 1.78. The average Bonchev–Trinajstić information content (AvgIpc) is 2.42. The van der Waals surface area contributed by atoms with E-state index in [-0.39, 0.29) is 11.9 Å². The van der Waals surface area contributed by atoms with Gasteiger partial charge in [0.05, 0.1) is 12.5 Å². The molecule has 96 valence electrons. The maximum atomic E-state index is 11.8. The van der Waals surface area contributed by atoms with E-state index in [1.54, 1.807) is 10.7 Å². The second-order valence-electron chi connectivity index (χ2n) is 5.33. The van der Waals surface area contributed by atoms with Crippen LogP contribution >= 0.6 is 0 Å². The molecule has 5 nitrogen and oxygen atoms in total. The summed E-state index contributed by atoms with van der Waals surface area (Å²) in [5.41, 5.74) is 6.07. The van der Waals surface area contributed by atoms with Crippen LogP contribution in [0.3, 0.4) is 0 Å². The lowest BCUT2D eigenvalue weighted by molar-refractivity contribution is -0.159. The van der Waals surface area contributed by atoms with Gasteiger partial charge in [0.2, 0.25) is 0 Å². The van der Waals surface area contributed by atoms with E-state index in [2.05, 4.69) is 5.10 Å². The maximum Gasteiger partial charge on any atom is 0.311 e. The van der Waals surface area contributed by atoms with Crippen LogP contribution < -0.4 is 5.73 Å². The van der Waals surface area contributed by atoms with E-state index >= 15 is 0 Å². The molecule has 0 aliphatic carbocycles. The van der Waals surface area contributed by atoms with Gasteiger partial charge < -0.3 is 10.5 Å². The topological polar surface area (TPSA) is 70.1 Å². The summed E-state index contributed by atoms with van der Waals surface area (Å²) in [6.45, 7) is 9.78. The predicted octanol–water partition coefficient (Wildman–Crippen LogP) is 1.75. The molecule has 0 radical (unpaired) electrons. The van der Waals surface area contributed by atoms with Gasteiger partial charge in [0.15, 0.2) is 0 Å². The summed E-state index contributed by atoms with van der Waals surface area (Å²) >= 11 is 0. The smallest absolute Gasteiger partial charge is 0.311 e. The fraction of sp³-hybridized carbons (Fsp3) is 0.667. The Bertz CT molecular complexity index is 404. The number of carbonyl (C=O) groups excluding carboxylic acids is 1. The minimum atomic E-state index is -0.455. The second kappa shape index (κ2) is 4.77. The molecule has 0 fully saturated rings. The second-order valence-corrected chi connectivity index (χ2v) is 5.33. The van der Waals surface area contributed by atoms with E-state index < -0.39 is 5.60 Å². The van der Waals surface area contributed by atoms with Gasteiger partial charge >= 0.3 is 5.97 Å². The Kier molecular flexibility index (Phi) is 3.80. The standard InChI is InChI=1S/C12H21N3O2/c1-8(11(16)17-12(3,4)5)7-15-9(2)6-10(13)14-15/h6,8H,7H2,1-5H3,(H2,13,14)/t8-/m1/s1. The Morgan fingerprint density at radius 1 is 1.59 bits per heavy atom. The summed E-state index contributed by atoms with van der Waals surface area (Å²) in [5, 5.41) is 4.12. The number of nitrogens with zero attached hydrogens (tertiary/aromatic N) is 2. The van der Waals surface area contributed by atoms with Crippen molar-refractivity contribution in [3.63, 3.8) is 0 Å². The quantitative estimate of drug-likeness (QED) is 0.816. The van der Waals surface area contributed by atoms with Gasteiger partial charge in [-0.05, 0) is 27.7 Å². The van der Waals surface area contributed by atoms with Gasteiger partial charge in [0.1, 0.15) is 11.4 Å². The maximum absolute atomic E-state index is 11.8. The minimum Gasteiger partial charge on any atom is -0.460 e. The Labute approximate surface area is 102 Å². The molecule has 17 heavy (non-hydrogen) atoms. The molecule has 0 unspecified atom stereocenters. The van der Waals surface area contributed by atoms with E-state index in [1.165, 1.54) is 0 Å². The molecule has 1 atom stereocenters. The van der Waals surface area contributed by atoms with Crippen LogP contribution in [0, 0.1) is 12.8 Å². The van der Waals surface area contributed by atoms with Crippen LogP contribution in [0.5, 0.6) is 0 Å². The Hall–Kier alpha value is -1.52. The average molecular weight is 239 g/mol. The molecule has 0 aliphatic heterocycles. The molecule has 0 saturated heterocycles. The van der Waals surface area contributed by atoms with Gasteiger partial charge in [-0.2, -0.15) is 5.10 Å². The third-order valence-electron chi connectivity index (χ3n) is 2.26. The lowest BCUT2D eigenvalue weighted by Gasteiger charge is -2.22. The third kappa shape index (κ3) is 4.09. The molecule has 0 aliphatic rings. The Morgan fingerprint density at radius 3 is 2.59 bits per heavy atom. The van der Waals surface area contributed by atoms with Gasteiger partial charge in [0.25, 0.3) is 0 Å². The van der Waals surface area contributed by atoms with Gasteiger partial charge in [-0.1, -0.05) is 6.92 Å². The number of hydrogen-bond acceptors (Lipinski definition) is 4. The van der Waals surface area contributed by atoms with Crippen LogP contribution in [0.2, 0.25) is 0 Å². The van der Waals surface area contributed by atoms with Crippen LogP contribution in [-0.4, -0.2) is 21.4 Å². The van der Waals surface area contributed by atoms with Crippen molar-refractivity contribution < 1.29 is 9.53 Å². The van der Waals surface area contributed by atoms with Crippen LogP contribution in [-0.2, 0) is 16.1 Å². The largest absolute Gasteiger partial charge is 0.460 e. The van der Waals surface area contributed by atoms with Gasteiger partial charge in [-0.25, -0.2) is 0 Å². The number of nitrogens with two attached hydrogens (primary N) is 1. The fourth-order valence-corrected chi connectivity index (χ4v) is 1.46. The van der Waals surface area contributed by atoms with Gasteiger partial charge in [-0.3, -0.25) is 9.48 Å². The number of ether oxygens (including phenoxy) is 1. The zero-order chi connectivity index (χ0) is 13.2. The molecular formula is C12H21N3O2. The first kappa shape index (κ1) is 13.5. The molecule has 1 aromatic rings. The monoisotopic (exact) mass is 239 g/mol. The Morgan fingerprint density at radius 2 is 2.18 bits per heavy atom. The minimum absolute atomic E-state index is 0.217. The summed E-state index contributed by atoms with van der Waals surface area (Å²) < 4.78 is 7.03.